The Morgan fingerprint density at radius 2 is 1.09 bits per heavy atom. The highest BCUT2D eigenvalue weighted by Gasteiger charge is 2.34. The molecule has 2 unspecified atom stereocenters. The number of aryl methyl sites for hydroxylation is 4. The van der Waals surface area contributed by atoms with E-state index in [-0.39, 0.29) is 0 Å². The monoisotopic (exact) mass is 580 g/mol. The third kappa shape index (κ3) is 5.28. The lowest BCUT2D eigenvalue weighted by atomic mass is 9.83. The summed E-state index contributed by atoms with van der Waals surface area (Å²) >= 11 is 0. The predicted molar refractivity (Wildman–Crippen MR) is 183 cm³/mol. The molecule has 3 aromatic rings. The van der Waals surface area contributed by atoms with Crippen LogP contribution in [0.4, 0.5) is 0 Å². The Morgan fingerprint density at radius 1 is 0.581 bits per heavy atom. The molecule has 230 valence electrons. The average molecular weight is 581 g/mol. The number of H-pyrrole nitrogens is 2. The van der Waals surface area contributed by atoms with Gasteiger partial charge < -0.3 is 14.7 Å². The van der Waals surface area contributed by atoms with Gasteiger partial charge in [0, 0.05) is 52.3 Å². The zero-order chi connectivity index (χ0) is 30.8. The summed E-state index contributed by atoms with van der Waals surface area (Å²) in [4.78, 5) is 18.7. The Bertz CT molecular complexity index is 1690. The van der Waals surface area contributed by atoms with E-state index in [0.717, 1.165) is 68.3 Å². The summed E-state index contributed by atoms with van der Waals surface area (Å²) in [6.07, 6.45) is 7.92. The minimum absolute atomic E-state index is 0.345. The molecule has 5 heteroatoms. The minimum Gasteiger partial charge on any atom is -0.380 e. The fourth-order valence-corrected chi connectivity index (χ4v) is 7.99. The van der Waals surface area contributed by atoms with Gasteiger partial charge in [0.25, 0.3) is 0 Å². The van der Waals surface area contributed by atoms with Gasteiger partial charge in [-0.15, -0.1) is 0 Å². The summed E-state index contributed by atoms with van der Waals surface area (Å²) < 4.78 is 5.91. The van der Waals surface area contributed by atoms with Gasteiger partial charge >= 0.3 is 0 Å². The highest BCUT2D eigenvalue weighted by atomic mass is 16.5. The molecule has 5 heterocycles. The fraction of sp³-hybridized carbons (Fsp3) is 0.526. The lowest BCUT2D eigenvalue weighted by Gasteiger charge is -2.19. The molecule has 2 aliphatic heterocycles. The maximum Gasteiger partial charge on any atom is 0.0752 e. The lowest BCUT2D eigenvalue weighted by Crippen LogP contribution is -2.08. The molecule has 0 saturated carbocycles. The number of hydrogen-bond donors (Lipinski definition) is 2. The van der Waals surface area contributed by atoms with Crippen LogP contribution in [0.1, 0.15) is 144 Å². The van der Waals surface area contributed by atoms with Gasteiger partial charge in [-0.2, -0.15) is 0 Å². The topological polar surface area (TPSA) is 66.6 Å². The van der Waals surface area contributed by atoms with E-state index in [1.807, 2.05) is 0 Å². The van der Waals surface area contributed by atoms with Crippen molar-refractivity contribution in [1.82, 2.24) is 19.9 Å². The zero-order valence-electron chi connectivity index (χ0n) is 28.1. The van der Waals surface area contributed by atoms with Crippen LogP contribution in [0.5, 0.6) is 0 Å². The van der Waals surface area contributed by atoms with Crippen LogP contribution in [-0.4, -0.2) is 27.0 Å². The first kappa shape index (κ1) is 31.3. The van der Waals surface area contributed by atoms with Crippen molar-refractivity contribution in [1.29, 1.82) is 0 Å². The Labute approximate surface area is 258 Å². The summed E-state index contributed by atoms with van der Waals surface area (Å²) in [5.74, 6) is 0.714. The van der Waals surface area contributed by atoms with Crippen molar-refractivity contribution in [2.45, 2.75) is 125 Å². The smallest absolute Gasteiger partial charge is 0.0752 e. The summed E-state index contributed by atoms with van der Waals surface area (Å²) in [6.45, 7) is 18.8. The maximum absolute atomic E-state index is 5.91. The van der Waals surface area contributed by atoms with Gasteiger partial charge in [0.2, 0.25) is 0 Å². The first-order valence-corrected chi connectivity index (χ1v) is 16.9. The number of nitrogens with one attached hydrogen (secondary N) is 2. The second kappa shape index (κ2) is 13.2. The molecule has 43 heavy (non-hydrogen) atoms. The van der Waals surface area contributed by atoms with Gasteiger partial charge in [0.15, 0.2) is 0 Å². The summed E-state index contributed by atoms with van der Waals surface area (Å²) in [5, 5.41) is 0. The van der Waals surface area contributed by atoms with Crippen LogP contribution in [0.15, 0.2) is 18.2 Å². The standard InChI is InChI=1S/C38H52N4O/c1-10-22-24(12-3)33-19-35-26(14-5)28(16-7)37(41-35)30(21-43-9)38-29(17-8)27(15-6)36(42-38)20-34-25(13-4)23(11-2)32(40-34)18-31(22)39-33/h18-20,26,28,39-40H,10-17,21H2,1-9H3. The third-order valence-electron chi connectivity index (χ3n) is 9.97. The quantitative estimate of drug-likeness (QED) is 0.251. The van der Waals surface area contributed by atoms with Gasteiger partial charge in [-0.05, 0) is 103 Å². The van der Waals surface area contributed by atoms with Crippen molar-refractivity contribution in [2.24, 2.45) is 0 Å². The van der Waals surface area contributed by atoms with Crippen LogP contribution in [0.3, 0.4) is 0 Å². The molecule has 0 aliphatic carbocycles. The number of allylic oxidation sites excluding steroid dienone is 2. The molecule has 0 aromatic carbocycles. The average Bonchev–Trinajstić information content (AvgIpc) is 3.74. The number of fused-ring (bicyclic) bond motifs is 8. The first-order valence-electron chi connectivity index (χ1n) is 16.9. The number of nitrogens with zero attached hydrogens (tertiary/aromatic N) is 2. The normalized spacial score (nSPS) is 16.9. The highest BCUT2D eigenvalue weighted by Crippen LogP contribution is 2.45. The molecule has 2 N–H and O–H groups in total. The SMILES string of the molecule is CCC1=C(CC)c2nc1cc1[nH]c(cc3[nH]c(cc4nc(c2COC)C(CC)C4CC)c(CC)c3CC)c(CC)c1CC. The van der Waals surface area contributed by atoms with Crippen LogP contribution in [0.2, 0.25) is 0 Å². The number of ether oxygens (including phenoxy) is 1. The molecule has 0 spiro atoms. The predicted octanol–water partition coefficient (Wildman–Crippen LogP) is 10.1. The number of rotatable bonds is 10. The van der Waals surface area contributed by atoms with Crippen LogP contribution in [0, 0.1) is 0 Å². The van der Waals surface area contributed by atoms with E-state index in [1.54, 1.807) is 7.11 Å². The number of methoxy groups -OCH3 is 1. The summed E-state index contributed by atoms with van der Waals surface area (Å²) in [5.41, 5.74) is 18.8. The summed E-state index contributed by atoms with van der Waals surface area (Å²) in [7, 11) is 1.80. The Balaban J connectivity index is 2.07. The number of aromatic amines is 2. The van der Waals surface area contributed by atoms with E-state index in [1.165, 1.54) is 66.9 Å². The molecular formula is C38H52N4O. The number of aromatic nitrogens is 4. The van der Waals surface area contributed by atoms with Crippen LogP contribution in [0.25, 0.3) is 33.2 Å². The molecular weight excluding hydrogens is 528 g/mol. The van der Waals surface area contributed by atoms with E-state index in [0.29, 0.717) is 18.4 Å². The third-order valence-corrected chi connectivity index (χ3v) is 9.97. The molecule has 3 aromatic heterocycles. The Hall–Kier alpha value is -3.18. The number of hydrogen-bond acceptors (Lipinski definition) is 3. The second-order valence-electron chi connectivity index (χ2n) is 12.0. The molecule has 0 saturated heterocycles. The van der Waals surface area contributed by atoms with E-state index < -0.39 is 0 Å². The molecule has 0 radical (unpaired) electrons. The van der Waals surface area contributed by atoms with Gasteiger partial charge in [-0.25, -0.2) is 4.98 Å². The largest absolute Gasteiger partial charge is 0.380 e. The zero-order valence-corrected chi connectivity index (χ0v) is 28.1. The van der Waals surface area contributed by atoms with Crippen molar-refractivity contribution in [3.63, 3.8) is 0 Å². The van der Waals surface area contributed by atoms with Crippen molar-refractivity contribution in [3.05, 3.63) is 68.8 Å². The van der Waals surface area contributed by atoms with Gasteiger partial charge in [-0.3, -0.25) is 4.98 Å². The molecule has 5 rings (SSSR count). The van der Waals surface area contributed by atoms with E-state index in [9.17, 15) is 0 Å². The van der Waals surface area contributed by atoms with Gasteiger partial charge in [0.05, 0.1) is 23.7 Å². The molecule has 8 bridgehead atoms. The van der Waals surface area contributed by atoms with Gasteiger partial charge in [0.1, 0.15) is 0 Å². The first-order chi connectivity index (χ1) is 20.9. The molecule has 2 atom stereocenters. The van der Waals surface area contributed by atoms with Crippen LogP contribution < -0.4 is 0 Å². The van der Waals surface area contributed by atoms with Gasteiger partial charge in [-0.1, -0.05) is 55.4 Å². The van der Waals surface area contributed by atoms with E-state index in [2.05, 4.69) is 83.6 Å². The molecule has 2 aliphatic rings. The van der Waals surface area contributed by atoms with Crippen molar-refractivity contribution in [3.8, 4) is 0 Å². The molecule has 0 amide bonds. The maximum atomic E-state index is 5.91. The van der Waals surface area contributed by atoms with E-state index in [4.69, 9.17) is 14.7 Å². The molecule has 0 fully saturated rings. The minimum atomic E-state index is 0.345. The second-order valence-corrected chi connectivity index (χ2v) is 12.0. The Kier molecular flexibility index (Phi) is 9.60. The van der Waals surface area contributed by atoms with Crippen molar-refractivity contribution >= 4 is 33.2 Å². The molecule has 5 nitrogen and oxygen atoms in total. The van der Waals surface area contributed by atoms with Crippen molar-refractivity contribution in [2.75, 3.05) is 7.11 Å². The van der Waals surface area contributed by atoms with E-state index >= 15 is 0 Å². The Morgan fingerprint density at radius 3 is 1.56 bits per heavy atom. The fourth-order valence-electron chi connectivity index (χ4n) is 7.99. The van der Waals surface area contributed by atoms with Crippen LogP contribution in [-0.2, 0) is 37.0 Å². The lowest BCUT2D eigenvalue weighted by molar-refractivity contribution is 0.183. The van der Waals surface area contributed by atoms with Crippen molar-refractivity contribution < 1.29 is 4.74 Å². The van der Waals surface area contributed by atoms with Crippen LogP contribution >= 0.6 is 0 Å². The highest BCUT2D eigenvalue weighted by molar-refractivity contribution is 5.94. The summed E-state index contributed by atoms with van der Waals surface area (Å²) in [6, 6.07) is 7.05.